The summed E-state index contributed by atoms with van der Waals surface area (Å²) in [4.78, 5) is 11.0. The largest absolute Gasteiger partial charge is 0.440 e. The third-order valence-corrected chi connectivity index (χ3v) is 2.08. The van der Waals surface area contributed by atoms with E-state index in [0.29, 0.717) is 5.02 Å². The normalized spacial score (nSPS) is 11.1. The molecule has 0 radical (unpaired) electrons. The maximum absolute atomic E-state index is 11.7. The van der Waals surface area contributed by atoms with Crippen LogP contribution in [0.15, 0.2) is 18.2 Å². The van der Waals surface area contributed by atoms with Crippen LogP contribution in [0, 0.1) is 0 Å². The third kappa shape index (κ3) is 5.14. The molecule has 1 amide bonds. The van der Waals surface area contributed by atoms with Crippen LogP contribution >= 0.6 is 23.2 Å². The van der Waals surface area contributed by atoms with Gasteiger partial charge in [0.15, 0.2) is 6.61 Å². The molecule has 0 aliphatic rings. The lowest BCUT2D eigenvalue weighted by molar-refractivity contribution is -0.159. The van der Waals surface area contributed by atoms with Gasteiger partial charge in [0.2, 0.25) is 0 Å². The molecule has 0 atom stereocenters. The fourth-order valence-electron chi connectivity index (χ4n) is 0.884. The van der Waals surface area contributed by atoms with Crippen LogP contribution in [-0.2, 0) is 4.74 Å². The molecule has 0 unspecified atom stereocenters. The molecule has 1 N–H and O–H groups in total. The quantitative estimate of drug-likeness (QED) is 0.889. The van der Waals surface area contributed by atoms with Crippen LogP contribution in [0.25, 0.3) is 0 Å². The van der Waals surface area contributed by atoms with E-state index in [9.17, 15) is 18.0 Å². The van der Waals surface area contributed by atoms with Gasteiger partial charge in [-0.05, 0) is 18.2 Å². The fraction of sp³-hybridized carbons (Fsp3) is 0.222. The zero-order valence-electron chi connectivity index (χ0n) is 8.15. The molecule has 0 bridgehead atoms. The Morgan fingerprint density at radius 3 is 2.53 bits per heavy atom. The van der Waals surface area contributed by atoms with E-state index in [0.717, 1.165) is 0 Å². The van der Waals surface area contributed by atoms with Crippen molar-refractivity contribution in [1.82, 2.24) is 0 Å². The van der Waals surface area contributed by atoms with Crippen molar-refractivity contribution in [2.24, 2.45) is 0 Å². The highest BCUT2D eigenvalue weighted by Gasteiger charge is 2.29. The molecular weight excluding hydrogens is 282 g/mol. The molecule has 0 heterocycles. The van der Waals surface area contributed by atoms with Crippen LogP contribution in [0.4, 0.5) is 23.7 Å². The van der Waals surface area contributed by atoms with Crippen LogP contribution in [0.2, 0.25) is 10.0 Å². The minimum absolute atomic E-state index is 0.0986. The first-order chi connectivity index (χ1) is 7.78. The van der Waals surface area contributed by atoms with E-state index in [4.69, 9.17) is 23.2 Å². The lowest BCUT2D eigenvalue weighted by Gasteiger charge is -2.10. The van der Waals surface area contributed by atoms with Gasteiger partial charge in [-0.25, -0.2) is 4.79 Å². The molecule has 94 valence electrons. The molecule has 0 spiro atoms. The number of halogens is 5. The zero-order valence-corrected chi connectivity index (χ0v) is 9.66. The fourth-order valence-corrected chi connectivity index (χ4v) is 1.34. The summed E-state index contributed by atoms with van der Waals surface area (Å²) in [6.07, 6.45) is -5.81. The second kappa shape index (κ2) is 5.46. The van der Waals surface area contributed by atoms with Gasteiger partial charge >= 0.3 is 12.3 Å². The van der Waals surface area contributed by atoms with E-state index in [2.05, 4.69) is 10.1 Å². The molecule has 1 rings (SSSR count). The summed E-state index contributed by atoms with van der Waals surface area (Å²) in [5.41, 5.74) is 0.114. The van der Waals surface area contributed by atoms with Crippen LogP contribution in [0.3, 0.4) is 0 Å². The lowest BCUT2D eigenvalue weighted by Crippen LogP contribution is -2.23. The maximum atomic E-state index is 11.7. The number of alkyl halides is 3. The second-order valence-electron chi connectivity index (χ2n) is 2.94. The topological polar surface area (TPSA) is 38.3 Å². The van der Waals surface area contributed by atoms with Gasteiger partial charge in [0, 0.05) is 5.02 Å². The summed E-state index contributed by atoms with van der Waals surface area (Å²) in [5, 5.41) is 2.49. The van der Waals surface area contributed by atoms with E-state index in [-0.39, 0.29) is 10.7 Å². The van der Waals surface area contributed by atoms with Gasteiger partial charge in [-0.15, -0.1) is 0 Å². The number of hydrogen-bond donors (Lipinski definition) is 1. The SMILES string of the molecule is O=C(Nc1ccc(Cl)cc1Cl)OCC(F)(F)F. The summed E-state index contributed by atoms with van der Waals surface area (Å²) in [6, 6.07) is 4.11. The number of rotatable bonds is 2. The molecule has 0 aliphatic carbocycles. The molecule has 3 nitrogen and oxygen atoms in total. The molecule has 17 heavy (non-hydrogen) atoms. The summed E-state index contributed by atoms with van der Waals surface area (Å²) < 4.78 is 39.1. The Morgan fingerprint density at radius 1 is 1.35 bits per heavy atom. The van der Waals surface area contributed by atoms with Crippen molar-refractivity contribution in [3.63, 3.8) is 0 Å². The standard InChI is InChI=1S/C9H6Cl2F3NO2/c10-5-1-2-7(6(11)3-5)15-8(16)17-4-9(12,13)14/h1-3H,4H2,(H,15,16). The van der Waals surface area contributed by atoms with Crippen LogP contribution in [-0.4, -0.2) is 18.9 Å². The first kappa shape index (κ1) is 13.9. The number of amides is 1. The number of anilines is 1. The number of carbonyl (C=O) groups is 1. The molecule has 8 heteroatoms. The monoisotopic (exact) mass is 287 g/mol. The smallest absolute Gasteiger partial charge is 0.422 e. The van der Waals surface area contributed by atoms with Crippen LogP contribution in [0.5, 0.6) is 0 Å². The van der Waals surface area contributed by atoms with E-state index < -0.39 is 18.9 Å². The van der Waals surface area contributed by atoms with Crippen molar-refractivity contribution >= 4 is 35.0 Å². The Kier molecular flexibility index (Phi) is 4.47. The van der Waals surface area contributed by atoms with Crippen molar-refractivity contribution < 1.29 is 22.7 Å². The molecule has 0 aliphatic heterocycles. The number of nitrogens with one attached hydrogen (secondary N) is 1. The lowest BCUT2D eigenvalue weighted by atomic mass is 10.3. The molecule has 0 saturated heterocycles. The highest BCUT2D eigenvalue weighted by atomic mass is 35.5. The van der Waals surface area contributed by atoms with Crippen molar-refractivity contribution in [2.45, 2.75) is 6.18 Å². The van der Waals surface area contributed by atoms with Gasteiger partial charge in [0.25, 0.3) is 0 Å². The second-order valence-corrected chi connectivity index (χ2v) is 3.78. The summed E-state index contributed by atoms with van der Waals surface area (Å²) in [7, 11) is 0. The highest BCUT2D eigenvalue weighted by Crippen LogP contribution is 2.25. The van der Waals surface area contributed by atoms with Crippen molar-refractivity contribution in [3.05, 3.63) is 28.2 Å². The van der Waals surface area contributed by atoms with Gasteiger partial charge in [-0.1, -0.05) is 23.2 Å². The molecule has 1 aromatic rings. The molecule has 0 fully saturated rings. The number of ether oxygens (including phenoxy) is 1. The molecular formula is C9H6Cl2F3NO2. The molecule has 0 saturated carbocycles. The molecule has 0 aromatic heterocycles. The minimum Gasteiger partial charge on any atom is -0.440 e. The van der Waals surface area contributed by atoms with Gasteiger partial charge in [-0.2, -0.15) is 13.2 Å². The van der Waals surface area contributed by atoms with Gasteiger partial charge < -0.3 is 4.74 Å². The predicted molar refractivity (Wildman–Crippen MR) is 57.5 cm³/mol. The highest BCUT2D eigenvalue weighted by molar-refractivity contribution is 6.36. The Balaban J connectivity index is 2.57. The average Bonchev–Trinajstić information content (AvgIpc) is 2.18. The first-order valence-corrected chi connectivity index (χ1v) is 4.99. The van der Waals surface area contributed by atoms with E-state index in [1.807, 2.05) is 0 Å². The van der Waals surface area contributed by atoms with Crippen LogP contribution < -0.4 is 5.32 Å². The Morgan fingerprint density at radius 2 is 2.00 bits per heavy atom. The van der Waals surface area contributed by atoms with Crippen molar-refractivity contribution in [2.75, 3.05) is 11.9 Å². The van der Waals surface area contributed by atoms with Crippen LogP contribution in [0.1, 0.15) is 0 Å². The number of hydrogen-bond acceptors (Lipinski definition) is 2. The predicted octanol–water partition coefficient (Wildman–Crippen LogP) is 4.10. The Hall–Kier alpha value is -1.14. The van der Waals surface area contributed by atoms with Gasteiger partial charge in [-0.3, -0.25) is 5.32 Å². The molecule has 1 aromatic carbocycles. The summed E-state index contributed by atoms with van der Waals surface area (Å²) in [5.74, 6) is 0. The summed E-state index contributed by atoms with van der Waals surface area (Å²) in [6.45, 7) is -1.66. The maximum Gasteiger partial charge on any atom is 0.422 e. The van der Waals surface area contributed by atoms with Crippen molar-refractivity contribution in [1.29, 1.82) is 0 Å². The van der Waals surface area contributed by atoms with Gasteiger partial charge in [0.05, 0.1) is 10.7 Å². The Labute approximate surface area is 104 Å². The number of carbonyl (C=O) groups excluding carboxylic acids is 1. The average molecular weight is 288 g/mol. The van der Waals surface area contributed by atoms with E-state index in [1.54, 1.807) is 0 Å². The van der Waals surface area contributed by atoms with E-state index in [1.165, 1.54) is 18.2 Å². The van der Waals surface area contributed by atoms with Crippen molar-refractivity contribution in [3.8, 4) is 0 Å². The third-order valence-electron chi connectivity index (χ3n) is 1.53. The Bertz CT molecular complexity index is 423. The van der Waals surface area contributed by atoms with E-state index >= 15 is 0 Å². The first-order valence-electron chi connectivity index (χ1n) is 4.23. The number of benzene rings is 1. The minimum atomic E-state index is -4.57. The zero-order chi connectivity index (χ0) is 13.1. The van der Waals surface area contributed by atoms with Gasteiger partial charge in [0.1, 0.15) is 0 Å². The summed E-state index contributed by atoms with van der Waals surface area (Å²) >= 11 is 11.3.